The number of ether oxygens (including phenoxy) is 6. The van der Waals surface area contributed by atoms with Crippen molar-refractivity contribution < 1.29 is 28.4 Å². The topological polar surface area (TPSA) is 119 Å². The van der Waals surface area contributed by atoms with Crippen LogP contribution in [-0.2, 0) is 18.9 Å². The van der Waals surface area contributed by atoms with Gasteiger partial charge in [0.2, 0.25) is 17.7 Å². The fraction of sp³-hybridized carbons (Fsp3) is 0.875. The van der Waals surface area contributed by atoms with Crippen molar-refractivity contribution in [2.45, 2.75) is 117 Å². The lowest BCUT2D eigenvalue weighted by Gasteiger charge is -2.41. The summed E-state index contributed by atoms with van der Waals surface area (Å²) >= 11 is 0. The van der Waals surface area contributed by atoms with Crippen molar-refractivity contribution >= 4 is 5.95 Å². The van der Waals surface area contributed by atoms with Crippen LogP contribution in [0.3, 0.4) is 0 Å². The van der Waals surface area contributed by atoms with Crippen molar-refractivity contribution in [1.29, 1.82) is 0 Å². The largest absolute Gasteiger partial charge is 0.481 e. The summed E-state index contributed by atoms with van der Waals surface area (Å²) in [5, 5.41) is 3.20. The van der Waals surface area contributed by atoms with E-state index in [-0.39, 0.29) is 18.0 Å². The molecule has 2 atom stereocenters. The first-order chi connectivity index (χ1) is 19.8. The maximum atomic E-state index is 6.28. The van der Waals surface area contributed by atoms with E-state index in [0.29, 0.717) is 54.8 Å². The molecule has 10 nitrogen and oxygen atoms in total. The molecule has 0 amide bonds. The summed E-state index contributed by atoms with van der Waals surface area (Å²) in [5.41, 5.74) is 6.38. The smallest absolute Gasteiger partial charge is 0.229 e. The normalized spacial score (nSPS) is 33.4. The third-order valence-electron chi connectivity index (χ3n) is 9.62. The zero-order valence-corrected chi connectivity index (χ0v) is 27.3. The molecule has 4 aliphatic rings. The van der Waals surface area contributed by atoms with Crippen LogP contribution in [0.1, 0.15) is 92.9 Å². The average Bonchev–Trinajstić information content (AvgIpc) is 3.55. The van der Waals surface area contributed by atoms with Gasteiger partial charge in [-0.15, -0.1) is 0 Å². The van der Waals surface area contributed by atoms with Gasteiger partial charge in [-0.05, 0) is 48.3 Å². The second kappa shape index (κ2) is 13.5. The molecule has 5 rings (SSSR count). The van der Waals surface area contributed by atoms with E-state index in [4.69, 9.17) is 34.2 Å². The van der Waals surface area contributed by atoms with E-state index in [1.165, 1.54) is 12.8 Å². The third-order valence-corrected chi connectivity index (χ3v) is 9.62. The van der Waals surface area contributed by atoms with Crippen LogP contribution in [0, 0.1) is 22.7 Å². The number of aromatic nitrogens is 2. The Morgan fingerprint density at radius 1 is 0.786 bits per heavy atom. The van der Waals surface area contributed by atoms with Crippen molar-refractivity contribution in [3.05, 3.63) is 6.07 Å². The molecular weight excluding hydrogens is 536 g/mol. The Kier molecular flexibility index (Phi) is 10.7. The van der Waals surface area contributed by atoms with Crippen molar-refractivity contribution in [3.63, 3.8) is 0 Å². The molecule has 10 heteroatoms. The Balaban J connectivity index is 0.000000216. The maximum absolute atomic E-state index is 6.28. The predicted molar refractivity (Wildman–Crippen MR) is 163 cm³/mol. The molecule has 4 fully saturated rings. The lowest BCUT2D eigenvalue weighted by molar-refractivity contribution is -0.195. The number of rotatable bonds is 6. The first kappa shape index (κ1) is 33.2. The minimum Gasteiger partial charge on any atom is -0.481 e. The summed E-state index contributed by atoms with van der Waals surface area (Å²) in [7, 11) is 3.13. The van der Waals surface area contributed by atoms with Gasteiger partial charge in [0.1, 0.15) is 6.10 Å². The Morgan fingerprint density at radius 2 is 1.21 bits per heavy atom. The van der Waals surface area contributed by atoms with Gasteiger partial charge in [-0.2, -0.15) is 9.97 Å². The quantitative estimate of drug-likeness (QED) is 0.435. The van der Waals surface area contributed by atoms with Crippen LogP contribution in [0.15, 0.2) is 6.07 Å². The number of hydrogen-bond acceptors (Lipinski definition) is 10. The molecule has 1 aromatic rings. The molecule has 1 aromatic heterocycles. The summed E-state index contributed by atoms with van der Waals surface area (Å²) < 4.78 is 34.5. The molecule has 2 unspecified atom stereocenters. The summed E-state index contributed by atoms with van der Waals surface area (Å²) in [6, 6.07) is 1.64. The second-order valence-corrected chi connectivity index (χ2v) is 14.6. The molecule has 2 saturated heterocycles. The van der Waals surface area contributed by atoms with Gasteiger partial charge in [0.15, 0.2) is 11.6 Å². The predicted octanol–water partition coefficient (Wildman–Crippen LogP) is 5.55. The molecule has 0 radical (unpaired) electrons. The summed E-state index contributed by atoms with van der Waals surface area (Å²) in [6.07, 6.45) is 8.83. The minimum absolute atomic E-state index is 0.0121. The summed E-state index contributed by atoms with van der Waals surface area (Å²) in [6.45, 7) is 16.4. The fourth-order valence-corrected chi connectivity index (χ4v) is 6.72. The number of nitrogens with zero attached hydrogens (tertiary/aromatic N) is 2. The number of nitrogens with two attached hydrogens (primary N) is 1. The van der Waals surface area contributed by atoms with Crippen LogP contribution in [0.25, 0.3) is 0 Å². The molecule has 42 heavy (non-hydrogen) atoms. The minimum atomic E-state index is -0.402. The molecule has 2 spiro atoms. The molecule has 0 aromatic carbocycles. The third kappa shape index (κ3) is 8.46. The monoisotopic (exact) mass is 592 g/mol. The van der Waals surface area contributed by atoms with Crippen molar-refractivity contribution in [2.75, 3.05) is 45.8 Å². The highest BCUT2D eigenvalue weighted by Crippen LogP contribution is 2.46. The highest BCUT2D eigenvalue weighted by atomic mass is 16.7. The number of hydrogen-bond donors (Lipinski definition) is 2. The van der Waals surface area contributed by atoms with E-state index >= 15 is 0 Å². The maximum Gasteiger partial charge on any atom is 0.229 e. The molecule has 2 aliphatic carbocycles. The van der Waals surface area contributed by atoms with Gasteiger partial charge >= 0.3 is 0 Å². The van der Waals surface area contributed by atoms with Gasteiger partial charge in [0.25, 0.3) is 0 Å². The van der Waals surface area contributed by atoms with E-state index in [1.54, 1.807) is 20.3 Å². The van der Waals surface area contributed by atoms with Crippen molar-refractivity contribution in [1.82, 2.24) is 9.97 Å². The lowest BCUT2D eigenvalue weighted by Crippen LogP contribution is -2.39. The van der Waals surface area contributed by atoms with Gasteiger partial charge in [-0.25, -0.2) is 0 Å². The Morgan fingerprint density at radius 3 is 1.60 bits per heavy atom. The highest BCUT2D eigenvalue weighted by Gasteiger charge is 2.46. The van der Waals surface area contributed by atoms with E-state index in [9.17, 15) is 0 Å². The number of anilines is 1. The van der Waals surface area contributed by atoms with E-state index < -0.39 is 5.79 Å². The SMILES string of the molecule is CC(C)(C)C1CCC2(CC1)OCC(CN)O2.COc1cc(OC)nc(NCC2COC3(CCC(C(C)(C)C)CC3)O2)n1. The molecular formula is C32H56N4O6. The molecule has 3 N–H and O–H groups in total. The summed E-state index contributed by atoms with van der Waals surface area (Å²) in [5.74, 6) is 2.21. The first-order valence-electron chi connectivity index (χ1n) is 15.8. The molecule has 3 heterocycles. The average molecular weight is 593 g/mol. The molecule has 0 bridgehead atoms. The highest BCUT2D eigenvalue weighted by molar-refractivity contribution is 5.33. The van der Waals surface area contributed by atoms with Gasteiger partial charge in [0.05, 0.1) is 39.6 Å². The Labute approximate surface area is 253 Å². The van der Waals surface area contributed by atoms with Crippen molar-refractivity contribution in [2.24, 2.45) is 28.4 Å². The lowest BCUT2D eigenvalue weighted by atomic mass is 9.71. The second-order valence-electron chi connectivity index (χ2n) is 14.6. The number of methoxy groups -OCH3 is 2. The number of nitrogens with one attached hydrogen (secondary N) is 1. The van der Waals surface area contributed by atoms with E-state index in [0.717, 1.165) is 50.4 Å². The van der Waals surface area contributed by atoms with Crippen LogP contribution >= 0.6 is 0 Å². The van der Waals surface area contributed by atoms with Crippen LogP contribution < -0.4 is 20.5 Å². The standard InChI is InChI=1S/C19H31N3O4.C13H25NO2/c1-18(2,3)13-6-8-19(9-7-13)25-12-14(26-19)11-20-17-21-15(23-4)10-16(22-17)24-5;1-12(2,3)10-4-6-13(7-5-10)15-9-11(8-14)16-13/h10,13-14H,6-9,11-12H2,1-5H3,(H,20,21,22);10-11H,4-9,14H2,1-3H3. The molecule has 2 saturated carbocycles. The fourth-order valence-electron chi connectivity index (χ4n) is 6.72. The van der Waals surface area contributed by atoms with Crippen LogP contribution in [-0.4, -0.2) is 74.3 Å². The zero-order chi connectivity index (χ0) is 30.6. The Bertz CT molecular complexity index is 971. The van der Waals surface area contributed by atoms with Gasteiger partial charge < -0.3 is 39.5 Å². The molecule has 2 aliphatic heterocycles. The zero-order valence-electron chi connectivity index (χ0n) is 27.3. The van der Waals surface area contributed by atoms with Crippen LogP contribution in [0.5, 0.6) is 11.8 Å². The first-order valence-corrected chi connectivity index (χ1v) is 15.8. The van der Waals surface area contributed by atoms with Crippen LogP contribution in [0.4, 0.5) is 5.95 Å². The van der Waals surface area contributed by atoms with Gasteiger partial charge in [0, 0.05) is 38.8 Å². The van der Waals surface area contributed by atoms with Gasteiger partial charge in [-0.3, -0.25) is 0 Å². The van der Waals surface area contributed by atoms with E-state index in [2.05, 4.69) is 56.8 Å². The van der Waals surface area contributed by atoms with Crippen LogP contribution in [0.2, 0.25) is 0 Å². The van der Waals surface area contributed by atoms with Crippen molar-refractivity contribution in [3.8, 4) is 11.8 Å². The Hall–Kier alpha value is -1.72. The van der Waals surface area contributed by atoms with Gasteiger partial charge in [-0.1, -0.05) is 41.5 Å². The van der Waals surface area contributed by atoms with E-state index in [1.807, 2.05) is 0 Å². The summed E-state index contributed by atoms with van der Waals surface area (Å²) in [4.78, 5) is 8.56. The molecule has 240 valence electrons.